The van der Waals surface area contributed by atoms with Gasteiger partial charge in [0, 0.05) is 26.2 Å². The first-order chi connectivity index (χ1) is 5.22. The summed E-state index contributed by atoms with van der Waals surface area (Å²) in [7, 11) is -0.807. The molecule has 0 saturated carbocycles. The van der Waals surface area contributed by atoms with Crippen LogP contribution in [0.1, 0.15) is 6.92 Å². The third-order valence-electron chi connectivity index (χ3n) is 1.67. The molecular formula is C7H14O3Si. The smallest absolute Gasteiger partial charge is 0.374 e. The highest BCUT2D eigenvalue weighted by Gasteiger charge is 2.40. The van der Waals surface area contributed by atoms with E-state index in [0.29, 0.717) is 19.1 Å². The Balaban J connectivity index is 2.52. The van der Waals surface area contributed by atoms with Crippen LogP contribution in [0.5, 0.6) is 0 Å². The second-order valence-electron chi connectivity index (χ2n) is 2.74. The molecule has 1 heterocycles. The molecule has 1 aliphatic heterocycles. The molecule has 3 nitrogen and oxygen atoms in total. The first-order valence-electron chi connectivity index (χ1n) is 3.69. The van der Waals surface area contributed by atoms with Crippen molar-refractivity contribution < 1.29 is 13.3 Å². The van der Waals surface area contributed by atoms with Crippen LogP contribution in [0.3, 0.4) is 0 Å². The highest BCUT2D eigenvalue weighted by Crippen LogP contribution is 2.18. The molecule has 0 aromatic heterocycles. The van der Waals surface area contributed by atoms with Crippen molar-refractivity contribution >= 4 is 8.80 Å². The van der Waals surface area contributed by atoms with E-state index in [9.17, 15) is 0 Å². The molecule has 0 aliphatic carbocycles. The van der Waals surface area contributed by atoms with E-state index in [1.807, 2.05) is 0 Å². The van der Waals surface area contributed by atoms with Gasteiger partial charge in [0.1, 0.15) is 0 Å². The van der Waals surface area contributed by atoms with Gasteiger partial charge in [-0.15, -0.1) is 0 Å². The van der Waals surface area contributed by atoms with E-state index in [4.69, 9.17) is 13.3 Å². The maximum atomic E-state index is 5.45. The van der Waals surface area contributed by atoms with Crippen molar-refractivity contribution in [3.63, 3.8) is 0 Å². The SMILES string of the molecule is C=C[Si]1(OC)OCC(C)CO1. The van der Waals surface area contributed by atoms with Crippen LogP contribution < -0.4 is 0 Å². The lowest BCUT2D eigenvalue weighted by Gasteiger charge is -2.32. The molecule has 1 fully saturated rings. The molecule has 0 N–H and O–H groups in total. The summed E-state index contributed by atoms with van der Waals surface area (Å²) in [5.74, 6) is 0.464. The Kier molecular flexibility index (Phi) is 2.83. The van der Waals surface area contributed by atoms with Crippen molar-refractivity contribution in [1.29, 1.82) is 0 Å². The molecule has 0 bridgehead atoms. The van der Waals surface area contributed by atoms with E-state index >= 15 is 0 Å². The van der Waals surface area contributed by atoms with Gasteiger partial charge in [-0.25, -0.2) is 0 Å². The fourth-order valence-electron chi connectivity index (χ4n) is 0.926. The van der Waals surface area contributed by atoms with E-state index in [0.717, 1.165) is 0 Å². The number of hydrogen-bond acceptors (Lipinski definition) is 3. The standard InChI is InChI=1S/C7H14O3Si/c1-4-11(8-3)9-5-7(2)6-10-11/h4,7H,1,5-6H2,2-3H3. The summed E-state index contributed by atoms with van der Waals surface area (Å²) in [5, 5.41) is 0. The topological polar surface area (TPSA) is 27.7 Å². The molecule has 4 heteroatoms. The van der Waals surface area contributed by atoms with Crippen LogP contribution in [0.4, 0.5) is 0 Å². The maximum Gasteiger partial charge on any atom is 0.528 e. The molecule has 0 atom stereocenters. The zero-order valence-electron chi connectivity index (χ0n) is 7.00. The highest BCUT2D eigenvalue weighted by atomic mass is 28.4. The predicted octanol–water partition coefficient (Wildman–Crippen LogP) is 0.980. The quantitative estimate of drug-likeness (QED) is 0.584. The first kappa shape index (κ1) is 8.93. The molecule has 0 aromatic rings. The summed E-state index contributed by atoms with van der Waals surface area (Å²) in [5.41, 5.74) is 1.67. The Morgan fingerprint density at radius 2 is 2.09 bits per heavy atom. The molecule has 64 valence electrons. The molecule has 0 amide bonds. The van der Waals surface area contributed by atoms with Crippen LogP contribution in [-0.2, 0) is 13.3 Å². The Hall–Kier alpha value is -0.163. The second-order valence-corrected chi connectivity index (χ2v) is 5.34. The average Bonchev–Trinajstić information content (AvgIpc) is 2.07. The second kappa shape index (κ2) is 3.49. The molecule has 1 aliphatic rings. The lowest BCUT2D eigenvalue weighted by molar-refractivity contribution is 0.0162. The molecule has 1 saturated heterocycles. The molecule has 0 spiro atoms. The van der Waals surface area contributed by atoms with Crippen LogP contribution >= 0.6 is 0 Å². The van der Waals surface area contributed by atoms with Gasteiger partial charge in [0.05, 0.1) is 0 Å². The Morgan fingerprint density at radius 1 is 1.55 bits per heavy atom. The van der Waals surface area contributed by atoms with Gasteiger partial charge >= 0.3 is 8.80 Å². The third-order valence-corrected chi connectivity index (χ3v) is 3.88. The summed E-state index contributed by atoms with van der Waals surface area (Å²) in [4.78, 5) is 0. The van der Waals surface area contributed by atoms with Crippen molar-refractivity contribution in [2.45, 2.75) is 6.92 Å². The summed E-state index contributed by atoms with van der Waals surface area (Å²) in [6.07, 6.45) is 0. The van der Waals surface area contributed by atoms with Crippen LogP contribution in [-0.4, -0.2) is 29.1 Å². The third kappa shape index (κ3) is 1.90. The van der Waals surface area contributed by atoms with Crippen LogP contribution in [0.25, 0.3) is 0 Å². The van der Waals surface area contributed by atoms with E-state index in [-0.39, 0.29) is 0 Å². The van der Waals surface area contributed by atoms with Gasteiger partial charge in [-0.2, -0.15) is 0 Å². The molecule has 0 unspecified atom stereocenters. The van der Waals surface area contributed by atoms with Crippen molar-refractivity contribution in [2.75, 3.05) is 20.3 Å². The molecule has 1 rings (SSSR count). The Bertz CT molecular complexity index is 141. The lowest BCUT2D eigenvalue weighted by Crippen LogP contribution is -2.49. The summed E-state index contributed by atoms with van der Waals surface area (Å²) in [6.45, 7) is 7.15. The highest BCUT2D eigenvalue weighted by molar-refractivity contribution is 6.66. The van der Waals surface area contributed by atoms with Gasteiger partial charge in [0.25, 0.3) is 0 Å². The zero-order chi connectivity index (χ0) is 8.32. The van der Waals surface area contributed by atoms with Crippen molar-refractivity contribution in [2.24, 2.45) is 5.92 Å². The van der Waals surface area contributed by atoms with E-state index in [2.05, 4.69) is 13.5 Å². The van der Waals surface area contributed by atoms with Crippen LogP contribution in [0, 0.1) is 5.92 Å². The van der Waals surface area contributed by atoms with Crippen molar-refractivity contribution in [3.05, 3.63) is 12.3 Å². The first-order valence-corrected chi connectivity index (χ1v) is 5.49. The van der Waals surface area contributed by atoms with Crippen molar-refractivity contribution in [3.8, 4) is 0 Å². The van der Waals surface area contributed by atoms with Gasteiger partial charge in [-0.1, -0.05) is 13.5 Å². The molecule has 0 aromatic carbocycles. The summed E-state index contributed by atoms with van der Waals surface area (Å²) in [6, 6.07) is 0. The predicted molar refractivity (Wildman–Crippen MR) is 44.0 cm³/mol. The number of hydrogen-bond donors (Lipinski definition) is 0. The zero-order valence-corrected chi connectivity index (χ0v) is 8.00. The largest absolute Gasteiger partial charge is 0.528 e. The fraction of sp³-hybridized carbons (Fsp3) is 0.714. The van der Waals surface area contributed by atoms with Gasteiger partial charge in [0.15, 0.2) is 0 Å². The minimum atomic E-state index is -2.41. The Labute approximate surface area is 68.3 Å². The van der Waals surface area contributed by atoms with Gasteiger partial charge in [-0.05, 0) is 5.70 Å². The summed E-state index contributed by atoms with van der Waals surface area (Å²) < 4.78 is 16.1. The fourth-order valence-corrected chi connectivity index (χ4v) is 2.68. The monoisotopic (exact) mass is 174 g/mol. The van der Waals surface area contributed by atoms with E-state index in [1.54, 1.807) is 12.8 Å². The minimum Gasteiger partial charge on any atom is -0.374 e. The molecule has 0 radical (unpaired) electrons. The molecular weight excluding hydrogens is 160 g/mol. The van der Waals surface area contributed by atoms with E-state index < -0.39 is 8.80 Å². The molecule has 11 heavy (non-hydrogen) atoms. The lowest BCUT2D eigenvalue weighted by atomic mass is 10.2. The average molecular weight is 174 g/mol. The van der Waals surface area contributed by atoms with Gasteiger partial charge < -0.3 is 13.3 Å². The minimum absolute atomic E-state index is 0.464. The van der Waals surface area contributed by atoms with E-state index in [1.165, 1.54) is 0 Å². The number of rotatable bonds is 2. The normalized spacial score (nSPS) is 38.5. The van der Waals surface area contributed by atoms with Crippen LogP contribution in [0.15, 0.2) is 12.3 Å². The Morgan fingerprint density at radius 3 is 2.45 bits per heavy atom. The van der Waals surface area contributed by atoms with Crippen LogP contribution in [0.2, 0.25) is 0 Å². The van der Waals surface area contributed by atoms with Gasteiger partial charge in [0.2, 0.25) is 0 Å². The maximum absolute atomic E-state index is 5.45. The van der Waals surface area contributed by atoms with Crippen molar-refractivity contribution in [1.82, 2.24) is 0 Å². The van der Waals surface area contributed by atoms with Gasteiger partial charge in [-0.3, -0.25) is 0 Å². The summed E-state index contributed by atoms with van der Waals surface area (Å²) >= 11 is 0.